The van der Waals surface area contributed by atoms with Gasteiger partial charge in [0.2, 0.25) is 0 Å². The molecule has 1 aromatic rings. The smallest absolute Gasteiger partial charge is 0.124 e. The van der Waals surface area contributed by atoms with E-state index in [1.54, 1.807) is 12.1 Å². The maximum atomic E-state index is 12.9. The molecule has 1 unspecified atom stereocenters. The molecule has 96 valence electrons. The molecule has 0 saturated carbocycles. The number of hydrogen-bond acceptors (Lipinski definition) is 2. The predicted octanol–water partition coefficient (Wildman–Crippen LogP) is 3.00. The fourth-order valence-corrected chi connectivity index (χ4v) is 2.26. The molecule has 0 aliphatic heterocycles. The molecule has 0 bridgehead atoms. The van der Waals surface area contributed by atoms with E-state index in [4.69, 9.17) is 4.74 Å². The summed E-state index contributed by atoms with van der Waals surface area (Å²) in [6, 6.07) is 5.90. The van der Waals surface area contributed by atoms with Gasteiger partial charge < -0.3 is 4.74 Å². The van der Waals surface area contributed by atoms with E-state index in [1.807, 2.05) is 0 Å². The van der Waals surface area contributed by atoms with Crippen LogP contribution in [0.1, 0.15) is 20.3 Å². The van der Waals surface area contributed by atoms with Crippen molar-refractivity contribution in [2.75, 3.05) is 19.0 Å². The molecule has 1 aromatic carbocycles. The molecule has 2 nitrogen and oxygen atoms in total. The Morgan fingerprint density at radius 2 is 2.12 bits per heavy atom. The van der Waals surface area contributed by atoms with Crippen LogP contribution in [-0.4, -0.2) is 23.2 Å². The van der Waals surface area contributed by atoms with Gasteiger partial charge in [-0.2, -0.15) is 0 Å². The van der Waals surface area contributed by atoms with Crippen molar-refractivity contribution in [3.63, 3.8) is 0 Å². The Hall–Kier alpha value is -0.740. The van der Waals surface area contributed by atoms with Crippen molar-refractivity contribution in [2.24, 2.45) is 5.92 Å². The van der Waals surface area contributed by atoms with E-state index >= 15 is 0 Å². The monoisotopic (exact) mass is 258 g/mol. The highest BCUT2D eigenvalue weighted by Gasteiger charge is 2.04. The summed E-state index contributed by atoms with van der Waals surface area (Å²) in [4.78, 5) is 0.525. The van der Waals surface area contributed by atoms with Gasteiger partial charge >= 0.3 is 0 Å². The Labute approximate surface area is 105 Å². The van der Waals surface area contributed by atoms with Crippen molar-refractivity contribution in [1.29, 1.82) is 0 Å². The summed E-state index contributed by atoms with van der Waals surface area (Å²) >= 11 is 0. The van der Waals surface area contributed by atoms with Crippen molar-refractivity contribution in [2.45, 2.75) is 25.2 Å². The molecular weight excluding hydrogens is 239 g/mol. The number of hydrogen-bond donors (Lipinski definition) is 0. The molecule has 0 spiro atoms. The lowest BCUT2D eigenvalue weighted by Gasteiger charge is -2.06. The van der Waals surface area contributed by atoms with Crippen LogP contribution < -0.4 is 0 Å². The fraction of sp³-hybridized carbons (Fsp3) is 0.538. The van der Waals surface area contributed by atoms with Crippen molar-refractivity contribution in [1.82, 2.24) is 0 Å². The summed E-state index contributed by atoms with van der Waals surface area (Å²) < 4.78 is 30.0. The van der Waals surface area contributed by atoms with Crippen molar-refractivity contribution >= 4 is 10.8 Å². The van der Waals surface area contributed by atoms with Crippen LogP contribution >= 0.6 is 0 Å². The fourth-order valence-electron chi connectivity index (χ4n) is 1.28. The maximum absolute atomic E-state index is 12.9. The average Bonchev–Trinajstić information content (AvgIpc) is 2.28. The standard InChI is InChI=1S/C13H19FO2S/c1-11(2)6-7-16-8-9-17(15)13-5-3-4-12(14)10-13/h3-5,10-11H,6-9H2,1-2H3. The molecule has 0 aromatic heterocycles. The molecule has 0 aliphatic carbocycles. The van der Waals surface area contributed by atoms with Crippen molar-refractivity contribution < 1.29 is 13.3 Å². The van der Waals surface area contributed by atoms with E-state index in [2.05, 4.69) is 13.8 Å². The molecule has 0 fully saturated rings. The zero-order valence-corrected chi connectivity index (χ0v) is 11.1. The Morgan fingerprint density at radius 3 is 2.76 bits per heavy atom. The van der Waals surface area contributed by atoms with Crippen LogP contribution in [0, 0.1) is 11.7 Å². The van der Waals surface area contributed by atoms with Gasteiger partial charge in [0.05, 0.1) is 23.2 Å². The number of halogens is 1. The largest absolute Gasteiger partial charge is 0.380 e. The normalized spacial score (nSPS) is 12.9. The second-order valence-electron chi connectivity index (χ2n) is 4.30. The molecule has 0 radical (unpaired) electrons. The molecule has 0 saturated heterocycles. The first-order chi connectivity index (χ1) is 8.09. The zero-order chi connectivity index (χ0) is 12.7. The second kappa shape index (κ2) is 7.56. The van der Waals surface area contributed by atoms with E-state index in [0.717, 1.165) is 6.42 Å². The second-order valence-corrected chi connectivity index (χ2v) is 5.87. The van der Waals surface area contributed by atoms with E-state index < -0.39 is 10.8 Å². The molecule has 0 heterocycles. The summed E-state index contributed by atoms with van der Waals surface area (Å²) in [5.74, 6) is 0.682. The molecule has 4 heteroatoms. The average molecular weight is 258 g/mol. The van der Waals surface area contributed by atoms with Crippen LogP contribution in [0.4, 0.5) is 4.39 Å². The Kier molecular flexibility index (Phi) is 6.37. The van der Waals surface area contributed by atoms with E-state index in [0.29, 0.717) is 29.8 Å². The summed E-state index contributed by atoms with van der Waals surface area (Å²) in [5, 5.41) is 0. The van der Waals surface area contributed by atoms with Gasteiger partial charge in [-0.1, -0.05) is 19.9 Å². The van der Waals surface area contributed by atoms with Gasteiger partial charge in [0.1, 0.15) is 5.82 Å². The van der Waals surface area contributed by atoms with Crippen LogP contribution in [0.5, 0.6) is 0 Å². The third-order valence-electron chi connectivity index (χ3n) is 2.31. The minimum atomic E-state index is -1.17. The van der Waals surface area contributed by atoms with Crippen LogP contribution in [-0.2, 0) is 15.5 Å². The van der Waals surface area contributed by atoms with Gasteiger partial charge in [0.25, 0.3) is 0 Å². The zero-order valence-electron chi connectivity index (χ0n) is 10.3. The van der Waals surface area contributed by atoms with E-state index in [9.17, 15) is 8.60 Å². The molecule has 17 heavy (non-hydrogen) atoms. The number of ether oxygens (including phenoxy) is 1. The highest BCUT2D eigenvalue weighted by molar-refractivity contribution is 7.85. The van der Waals surface area contributed by atoms with Gasteiger partial charge in [-0.25, -0.2) is 4.39 Å². The van der Waals surface area contributed by atoms with Gasteiger partial charge in [-0.15, -0.1) is 0 Å². The lowest BCUT2D eigenvalue weighted by atomic mass is 10.1. The van der Waals surface area contributed by atoms with E-state index in [-0.39, 0.29) is 5.82 Å². The summed E-state index contributed by atoms with van der Waals surface area (Å²) in [6.45, 7) is 5.41. The minimum absolute atomic E-state index is 0.350. The molecule has 0 amide bonds. The first-order valence-electron chi connectivity index (χ1n) is 5.81. The topological polar surface area (TPSA) is 26.3 Å². The van der Waals surface area contributed by atoms with Crippen LogP contribution in [0.25, 0.3) is 0 Å². The van der Waals surface area contributed by atoms with Gasteiger partial charge in [-0.05, 0) is 30.5 Å². The van der Waals surface area contributed by atoms with Crippen molar-refractivity contribution in [3.05, 3.63) is 30.1 Å². The van der Waals surface area contributed by atoms with E-state index in [1.165, 1.54) is 12.1 Å². The molecule has 0 N–H and O–H groups in total. The third-order valence-corrected chi connectivity index (χ3v) is 3.63. The number of rotatable bonds is 7. The lowest BCUT2D eigenvalue weighted by molar-refractivity contribution is 0.138. The molecule has 0 aliphatic rings. The third kappa shape index (κ3) is 5.94. The minimum Gasteiger partial charge on any atom is -0.380 e. The van der Waals surface area contributed by atoms with Crippen LogP contribution in [0.3, 0.4) is 0 Å². The van der Waals surface area contributed by atoms with Gasteiger partial charge in [0, 0.05) is 11.5 Å². The highest BCUT2D eigenvalue weighted by Crippen LogP contribution is 2.08. The van der Waals surface area contributed by atoms with Crippen LogP contribution in [0.15, 0.2) is 29.2 Å². The summed E-state index contributed by atoms with van der Waals surface area (Å²) in [6.07, 6.45) is 1.01. The number of benzene rings is 1. The van der Waals surface area contributed by atoms with Gasteiger partial charge in [-0.3, -0.25) is 4.21 Å². The Bertz CT molecular complexity index is 366. The highest BCUT2D eigenvalue weighted by atomic mass is 32.2. The molecular formula is C13H19FO2S. The Balaban J connectivity index is 2.26. The lowest BCUT2D eigenvalue weighted by Crippen LogP contribution is -2.08. The summed E-state index contributed by atoms with van der Waals surface area (Å²) in [5.41, 5.74) is 0. The maximum Gasteiger partial charge on any atom is 0.124 e. The quantitative estimate of drug-likeness (QED) is 0.703. The van der Waals surface area contributed by atoms with Crippen molar-refractivity contribution in [3.8, 4) is 0 Å². The predicted molar refractivity (Wildman–Crippen MR) is 67.9 cm³/mol. The Morgan fingerprint density at radius 1 is 1.35 bits per heavy atom. The first kappa shape index (κ1) is 14.3. The van der Waals surface area contributed by atoms with Crippen LogP contribution in [0.2, 0.25) is 0 Å². The molecule has 1 rings (SSSR count). The molecule has 1 atom stereocenters. The van der Waals surface area contributed by atoms with Gasteiger partial charge in [0.15, 0.2) is 0 Å². The first-order valence-corrected chi connectivity index (χ1v) is 7.13. The SMILES string of the molecule is CC(C)CCOCCS(=O)c1cccc(F)c1. The summed E-state index contributed by atoms with van der Waals surface area (Å²) in [7, 11) is -1.17.